The van der Waals surface area contributed by atoms with Gasteiger partial charge in [-0.3, -0.25) is 4.79 Å². The summed E-state index contributed by atoms with van der Waals surface area (Å²) in [5.41, 5.74) is 0.547. The lowest BCUT2D eigenvalue weighted by Gasteiger charge is -2.58. The number of Topliss-reactive ketones (excluding diaryl/α,β-unsaturated/α-hetero) is 1. The van der Waals surface area contributed by atoms with E-state index in [-0.39, 0.29) is 5.41 Å². The number of ketones is 1. The Hall–Kier alpha value is -0.370. The average molecular weight is 288 g/mol. The van der Waals surface area contributed by atoms with Gasteiger partial charge in [-0.1, -0.05) is 13.8 Å². The summed E-state index contributed by atoms with van der Waals surface area (Å²) < 4.78 is 5.96. The van der Waals surface area contributed by atoms with E-state index in [4.69, 9.17) is 4.74 Å². The third-order valence-corrected chi connectivity index (χ3v) is 8.64. The van der Waals surface area contributed by atoms with Gasteiger partial charge in [0.2, 0.25) is 0 Å². The third-order valence-electron chi connectivity index (χ3n) is 8.64. The van der Waals surface area contributed by atoms with Crippen molar-refractivity contribution in [2.45, 2.75) is 77.4 Å². The van der Waals surface area contributed by atoms with E-state index in [1.54, 1.807) is 0 Å². The summed E-state index contributed by atoms with van der Waals surface area (Å²) in [5, 5.41) is 0. The number of carbonyl (C=O) groups excluding carboxylic acids is 1. The zero-order valence-electron chi connectivity index (χ0n) is 13.4. The normalized spacial score (nSPS) is 61.5. The topological polar surface area (TPSA) is 29.6 Å². The van der Waals surface area contributed by atoms with E-state index in [0.717, 1.165) is 30.6 Å². The Morgan fingerprint density at radius 2 is 1.81 bits per heavy atom. The zero-order valence-corrected chi connectivity index (χ0v) is 13.4. The standard InChI is InChI=1S/C19H28O2/c1-18-10-8-15-17(21-15)14(18)4-3-11-12-5-6-16(20)19(12,2)9-7-13(11)18/h11-15,17H,3-10H2,1-2H3/t11-,12-,13-,14-,15+,17-,18+,19-/m0/s1. The molecule has 5 rings (SSSR count). The molecule has 0 bridgehead atoms. The monoisotopic (exact) mass is 288 g/mol. The highest BCUT2D eigenvalue weighted by Gasteiger charge is 2.64. The van der Waals surface area contributed by atoms with Crippen molar-refractivity contribution in [1.29, 1.82) is 0 Å². The van der Waals surface area contributed by atoms with Crippen LogP contribution in [0.1, 0.15) is 65.2 Å². The van der Waals surface area contributed by atoms with Crippen LogP contribution in [0.25, 0.3) is 0 Å². The van der Waals surface area contributed by atoms with E-state index in [9.17, 15) is 4.79 Å². The van der Waals surface area contributed by atoms with Gasteiger partial charge in [-0.25, -0.2) is 0 Å². The quantitative estimate of drug-likeness (QED) is 0.631. The van der Waals surface area contributed by atoms with E-state index in [1.807, 2.05) is 0 Å². The van der Waals surface area contributed by atoms with Gasteiger partial charge in [0, 0.05) is 11.8 Å². The minimum Gasteiger partial charge on any atom is -0.369 e. The second kappa shape index (κ2) is 3.93. The fraction of sp³-hybridized carbons (Fsp3) is 0.947. The fourth-order valence-electron chi connectivity index (χ4n) is 7.36. The van der Waals surface area contributed by atoms with Crippen LogP contribution in [-0.4, -0.2) is 18.0 Å². The fourth-order valence-corrected chi connectivity index (χ4v) is 7.36. The predicted octanol–water partition coefficient (Wildman–Crippen LogP) is 3.98. The minimum absolute atomic E-state index is 0.0393. The summed E-state index contributed by atoms with van der Waals surface area (Å²) >= 11 is 0. The smallest absolute Gasteiger partial charge is 0.139 e. The van der Waals surface area contributed by atoms with Crippen LogP contribution in [0.15, 0.2) is 0 Å². The van der Waals surface area contributed by atoms with Gasteiger partial charge in [0.25, 0.3) is 0 Å². The lowest BCUT2D eigenvalue weighted by Crippen LogP contribution is -2.54. The SMILES string of the molecule is C[C@]12CC[C@H]3O[C@H]3[C@@H]1CC[C@@H]1[C@@H]2CC[C@]2(C)C(=O)CC[C@@H]12. The molecule has 0 aromatic carbocycles. The van der Waals surface area contributed by atoms with Gasteiger partial charge in [-0.2, -0.15) is 0 Å². The Morgan fingerprint density at radius 1 is 0.952 bits per heavy atom. The van der Waals surface area contributed by atoms with Crippen LogP contribution < -0.4 is 0 Å². The van der Waals surface area contributed by atoms with E-state index in [1.165, 1.54) is 38.5 Å². The molecule has 21 heavy (non-hydrogen) atoms. The van der Waals surface area contributed by atoms with Gasteiger partial charge < -0.3 is 4.74 Å². The van der Waals surface area contributed by atoms with Crippen molar-refractivity contribution < 1.29 is 9.53 Å². The summed E-state index contributed by atoms with van der Waals surface area (Å²) in [6.45, 7) is 4.87. The van der Waals surface area contributed by atoms with Crippen molar-refractivity contribution in [3.8, 4) is 0 Å². The second-order valence-corrected chi connectivity index (χ2v) is 9.16. The van der Waals surface area contributed by atoms with Crippen LogP contribution >= 0.6 is 0 Å². The molecule has 4 saturated carbocycles. The highest BCUT2D eigenvalue weighted by atomic mass is 16.6. The lowest BCUT2D eigenvalue weighted by molar-refractivity contribution is -0.138. The van der Waals surface area contributed by atoms with Crippen LogP contribution in [0.5, 0.6) is 0 Å². The lowest BCUT2D eigenvalue weighted by atomic mass is 9.45. The number of ether oxygens (including phenoxy) is 1. The predicted molar refractivity (Wildman–Crippen MR) is 80.8 cm³/mol. The van der Waals surface area contributed by atoms with Crippen LogP contribution in [0.2, 0.25) is 0 Å². The number of epoxide rings is 1. The Morgan fingerprint density at radius 3 is 2.67 bits per heavy atom. The maximum absolute atomic E-state index is 12.4. The Balaban J connectivity index is 1.49. The molecule has 0 N–H and O–H groups in total. The molecule has 4 aliphatic carbocycles. The van der Waals surface area contributed by atoms with E-state index < -0.39 is 0 Å². The zero-order chi connectivity index (χ0) is 14.4. The molecule has 5 fully saturated rings. The molecule has 0 unspecified atom stereocenters. The summed E-state index contributed by atoms with van der Waals surface area (Å²) in [6, 6.07) is 0. The first-order chi connectivity index (χ1) is 10.0. The van der Waals surface area contributed by atoms with Gasteiger partial charge in [0.1, 0.15) is 5.78 Å². The summed E-state index contributed by atoms with van der Waals surface area (Å²) in [4.78, 5) is 12.4. The highest BCUT2D eigenvalue weighted by Crippen LogP contribution is 2.67. The van der Waals surface area contributed by atoms with Crippen molar-refractivity contribution in [2.24, 2.45) is 34.5 Å². The van der Waals surface area contributed by atoms with Crippen molar-refractivity contribution in [3.05, 3.63) is 0 Å². The number of carbonyl (C=O) groups is 1. The van der Waals surface area contributed by atoms with Gasteiger partial charge in [0.05, 0.1) is 12.2 Å². The second-order valence-electron chi connectivity index (χ2n) is 9.16. The molecule has 0 radical (unpaired) electrons. The third kappa shape index (κ3) is 1.51. The van der Waals surface area contributed by atoms with Gasteiger partial charge in [-0.05, 0) is 74.0 Å². The van der Waals surface area contributed by atoms with Crippen molar-refractivity contribution in [2.75, 3.05) is 0 Å². The van der Waals surface area contributed by atoms with Crippen LogP contribution in [0.4, 0.5) is 0 Å². The van der Waals surface area contributed by atoms with Crippen molar-refractivity contribution in [3.63, 3.8) is 0 Å². The molecule has 5 aliphatic rings. The maximum atomic E-state index is 12.4. The summed E-state index contributed by atoms with van der Waals surface area (Å²) in [5.74, 6) is 3.78. The summed E-state index contributed by atoms with van der Waals surface area (Å²) in [7, 11) is 0. The number of hydrogen-bond acceptors (Lipinski definition) is 2. The molecule has 1 saturated heterocycles. The molecule has 0 aromatic heterocycles. The molecule has 0 spiro atoms. The number of fused-ring (bicyclic) bond motifs is 7. The van der Waals surface area contributed by atoms with Crippen molar-refractivity contribution >= 4 is 5.78 Å². The largest absolute Gasteiger partial charge is 0.369 e. The van der Waals surface area contributed by atoms with Crippen LogP contribution in [0, 0.1) is 34.5 Å². The molecular weight excluding hydrogens is 260 g/mol. The maximum Gasteiger partial charge on any atom is 0.139 e. The first-order valence-electron chi connectivity index (χ1n) is 9.23. The Kier molecular flexibility index (Phi) is 2.45. The molecule has 116 valence electrons. The molecular formula is C19H28O2. The van der Waals surface area contributed by atoms with E-state index in [0.29, 0.717) is 29.3 Å². The first kappa shape index (κ1) is 13.1. The molecule has 1 heterocycles. The molecule has 2 nitrogen and oxygen atoms in total. The molecule has 1 aliphatic heterocycles. The highest BCUT2D eigenvalue weighted by molar-refractivity contribution is 5.87. The minimum atomic E-state index is 0.0393. The van der Waals surface area contributed by atoms with E-state index >= 15 is 0 Å². The van der Waals surface area contributed by atoms with Gasteiger partial charge in [-0.15, -0.1) is 0 Å². The molecule has 8 atom stereocenters. The molecule has 2 heteroatoms. The van der Waals surface area contributed by atoms with Gasteiger partial charge >= 0.3 is 0 Å². The summed E-state index contributed by atoms with van der Waals surface area (Å²) in [6.07, 6.45) is 11.1. The van der Waals surface area contributed by atoms with E-state index in [2.05, 4.69) is 13.8 Å². The number of rotatable bonds is 0. The molecule has 0 amide bonds. The average Bonchev–Trinajstić information content (AvgIpc) is 3.18. The number of hydrogen-bond donors (Lipinski definition) is 0. The van der Waals surface area contributed by atoms with Crippen molar-refractivity contribution in [1.82, 2.24) is 0 Å². The Bertz CT molecular complexity index is 500. The van der Waals surface area contributed by atoms with Crippen LogP contribution in [-0.2, 0) is 9.53 Å². The first-order valence-corrected chi connectivity index (χ1v) is 9.23. The molecule has 0 aromatic rings. The van der Waals surface area contributed by atoms with Gasteiger partial charge in [0.15, 0.2) is 0 Å². The van der Waals surface area contributed by atoms with Crippen LogP contribution in [0.3, 0.4) is 0 Å². The Labute approximate surface area is 128 Å².